The normalized spacial score (nSPS) is 18.7. The maximum atomic E-state index is 13.1. The predicted molar refractivity (Wildman–Crippen MR) is 114 cm³/mol. The number of fused-ring (bicyclic) bond motifs is 1. The number of alkyl halides is 3. The lowest BCUT2D eigenvalue weighted by Crippen LogP contribution is -2.53. The molecule has 8 nitrogen and oxygen atoms in total. The zero-order valence-electron chi connectivity index (χ0n) is 17.8. The van der Waals surface area contributed by atoms with Crippen LogP contribution in [0.2, 0.25) is 0 Å². The van der Waals surface area contributed by atoms with E-state index in [9.17, 15) is 22.8 Å². The number of nitrogens with one attached hydrogen (secondary N) is 2. The molecule has 0 unspecified atom stereocenters. The fourth-order valence-electron chi connectivity index (χ4n) is 4.06. The van der Waals surface area contributed by atoms with E-state index in [4.69, 9.17) is 0 Å². The Kier molecular flexibility index (Phi) is 6.21. The lowest BCUT2D eigenvalue weighted by Gasteiger charge is -2.37. The summed E-state index contributed by atoms with van der Waals surface area (Å²) in [6, 6.07) is 7.86. The van der Waals surface area contributed by atoms with E-state index in [0.717, 1.165) is 6.20 Å². The summed E-state index contributed by atoms with van der Waals surface area (Å²) in [6.07, 6.45) is 2.06. The molecular formula is C22H23F3N6O2. The van der Waals surface area contributed by atoms with Gasteiger partial charge in [0.05, 0.1) is 6.04 Å². The van der Waals surface area contributed by atoms with Gasteiger partial charge in [0.2, 0.25) is 5.91 Å². The van der Waals surface area contributed by atoms with Gasteiger partial charge < -0.3 is 5.32 Å². The van der Waals surface area contributed by atoms with Gasteiger partial charge in [-0.05, 0) is 49.9 Å². The molecule has 0 aliphatic heterocycles. The Hall–Kier alpha value is -3.63. The summed E-state index contributed by atoms with van der Waals surface area (Å²) < 4.78 is 40.5. The third kappa shape index (κ3) is 5.07. The van der Waals surface area contributed by atoms with E-state index in [1.807, 2.05) is 0 Å². The highest BCUT2D eigenvalue weighted by atomic mass is 19.4. The number of rotatable bonds is 4. The zero-order valence-corrected chi connectivity index (χ0v) is 17.8. The zero-order chi connectivity index (χ0) is 23.6. The van der Waals surface area contributed by atoms with Crippen molar-refractivity contribution in [2.45, 2.75) is 50.9 Å². The van der Waals surface area contributed by atoms with Gasteiger partial charge in [-0.15, -0.1) is 0 Å². The van der Waals surface area contributed by atoms with Crippen LogP contribution in [-0.2, 0) is 11.0 Å². The minimum Gasteiger partial charge on any atom is -0.368 e. The van der Waals surface area contributed by atoms with E-state index in [1.165, 1.54) is 34.8 Å². The van der Waals surface area contributed by atoms with Crippen molar-refractivity contribution in [1.82, 2.24) is 24.8 Å². The number of hydrazine groups is 1. The van der Waals surface area contributed by atoms with Crippen LogP contribution in [0.3, 0.4) is 0 Å². The van der Waals surface area contributed by atoms with Crippen molar-refractivity contribution < 1.29 is 22.8 Å². The van der Waals surface area contributed by atoms with Gasteiger partial charge in [-0.25, -0.2) is 9.99 Å². The van der Waals surface area contributed by atoms with Crippen LogP contribution in [0.5, 0.6) is 0 Å². The first-order valence-electron chi connectivity index (χ1n) is 10.5. The molecule has 1 aliphatic carbocycles. The average Bonchev–Trinajstić information content (AvgIpc) is 3.24. The van der Waals surface area contributed by atoms with Crippen molar-refractivity contribution in [2.24, 2.45) is 0 Å². The number of aromatic nitrogens is 3. The number of nitrogens with zero attached hydrogens (tertiary/aromatic N) is 4. The lowest BCUT2D eigenvalue weighted by atomic mass is 9.90. The Morgan fingerprint density at radius 1 is 1.09 bits per heavy atom. The molecule has 0 atom stereocenters. The first-order chi connectivity index (χ1) is 15.7. The van der Waals surface area contributed by atoms with Crippen LogP contribution in [-0.4, -0.2) is 43.3 Å². The second-order valence-corrected chi connectivity index (χ2v) is 7.99. The van der Waals surface area contributed by atoms with Crippen LogP contribution in [0, 0.1) is 0 Å². The topological polar surface area (TPSA) is 91.6 Å². The number of imidazole rings is 1. The lowest BCUT2D eigenvalue weighted by molar-refractivity contribution is -0.140. The minimum absolute atomic E-state index is 0.00112. The van der Waals surface area contributed by atoms with Gasteiger partial charge in [0.15, 0.2) is 5.69 Å². The van der Waals surface area contributed by atoms with Gasteiger partial charge in [-0.1, -0.05) is 6.07 Å². The minimum atomic E-state index is -4.52. The summed E-state index contributed by atoms with van der Waals surface area (Å²) in [4.78, 5) is 32.2. The summed E-state index contributed by atoms with van der Waals surface area (Å²) in [7, 11) is 0. The van der Waals surface area contributed by atoms with Gasteiger partial charge >= 0.3 is 6.18 Å². The highest BCUT2D eigenvalue weighted by Crippen LogP contribution is 2.30. The van der Waals surface area contributed by atoms with Gasteiger partial charge in [0.1, 0.15) is 11.5 Å². The van der Waals surface area contributed by atoms with E-state index in [0.29, 0.717) is 37.1 Å². The SMILES string of the molecule is CC(=O)NN(C(=O)c1ccncc1)C1CCC(Nc2cccc3nc(C(F)(F)F)cn23)CC1. The standard InChI is InChI=1S/C22H23F3N6O2/c1-14(32)29-31(21(33)15-9-11-26-12-10-15)17-7-5-16(6-8-17)27-19-3-2-4-20-28-18(13-30(19)20)22(23,24)25/h2-4,9-13,16-17,27H,5-8H2,1H3,(H,29,32). The molecule has 2 N–H and O–H groups in total. The number of anilines is 1. The fourth-order valence-corrected chi connectivity index (χ4v) is 4.06. The van der Waals surface area contributed by atoms with E-state index >= 15 is 0 Å². The maximum Gasteiger partial charge on any atom is 0.434 e. The summed E-state index contributed by atoms with van der Waals surface area (Å²) >= 11 is 0. The molecule has 0 saturated heterocycles. The van der Waals surface area contributed by atoms with E-state index in [2.05, 4.69) is 20.7 Å². The number of hydrogen-bond acceptors (Lipinski definition) is 5. The van der Waals surface area contributed by atoms with Crippen LogP contribution in [0.4, 0.5) is 19.0 Å². The highest BCUT2D eigenvalue weighted by Gasteiger charge is 2.34. The highest BCUT2D eigenvalue weighted by molar-refractivity contribution is 5.95. The molecule has 2 amide bonds. The molecule has 3 aromatic rings. The second kappa shape index (κ2) is 9.08. The van der Waals surface area contributed by atoms with Crippen LogP contribution in [0.25, 0.3) is 5.65 Å². The smallest absolute Gasteiger partial charge is 0.368 e. The molecule has 3 aromatic heterocycles. The third-order valence-electron chi connectivity index (χ3n) is 5.62. The fraction of sp³-hybridized carbons (Fsp3) is 0.364. The maximum absolute atomic E-state index is 13.1. The Bertz CT molecular complexity index is 1140. The van der Waals surface area contributed by atoms with Crippen LogP contribution in [0.1, 0.15) is 48.7 Å². The molecule has 33 heavy (non-hydrogen) atoms. The van der Waals surface area contributed by atoms with E-state index in [-0.39, 0.29) is 29.5 Å². The molecule has 1 saturated carbocycles. The summed E-state index contributed by atoms with van der Waals surface area (Å²) in [6.45, 7) is 1.35. The number of carbonyl (C=O) groups excluding carboxylic acids is 2. The molecule has 1 fully saturated rings. The molecule has 0 spiro atoms. The Morgan fingerprint density at radius 3 is 2.42 bits per heavy atom. The largest absolute Gasteiger partial charge is 0.434 e. The molecule has 1 aliphatic rings. The molecule has 3 heterocycles. The van der Waals surface area contributed by atoms with Gasteiger partial charge in [0.25, 0.3) is 5.91 Å². The van der Waals surface area contributed by atoms with Crippen molar-refractivity contribution in [1.29, 1.82) is 0 Å². The van der Waals surface area contributed by atoms with Crippen LogP contribution in [0.15, 0.2) is 48.9 Å². The summed E-state index contributed by atoms with van der Waals surface area (Å²) in [5.41, 5.74) is 2.33. The van der Waals surface area contributed by atoms with Crippen molar-refractivity contribution in [3.63, 3.8) is 0 Å². The first-order valence-corrected chi connectivity index (χ1v) is 10.5. The summed E-state index contributed by atoms with van der Waals surface area (Å²) in [5.74, 6) is -0.137. The Labute approximate surface area is 187 Å². The van der Waals surface area contributed by atoms with Gasteiger partial charge in [-0.3, -0.25) is 24.4 Å². The quantitative estimate of drug-likeness (QED) is 0.580. The van der Waals surface area contributed by atoms with Crippen molar-refractivity contribution in [2.75, 3.05) is 5.32 Å². The predicted octanol–water partition coefficient (Wildman–Crippen LogP) is 3.66. The number of amides is 2. The molecule has 4 rings (SSSR count). The van der Waals surface area contributed by atoms with Crippen LogP contribution < -0.4 is 10.7 Å². The average molecular weight is 460 g/mol. The third-order valence-corrected chi connectivity index (χ3v) is 5.62. The number of pyridine rings is 2. The molecule has 174 valence electrons. The first kappa shape index (κ1) is 22.6. The second-order valence-electron chi connectivity index (χ2n) is 7.99. The van der Waals surface area contributed by atoms with E-state index in [1.54, 1.807) is 24.3 Å². The van der Waals surface area contributed by atoms with Crippen LogP contribution >= 0.6 is 0 Å². The Balaban J connectivity index is 1.45. The Morgan fingerprint density at radius 2 is 1.79 bits per heavy atom. The number of hydrogen-bond donors (Lipinski definition) is 2. The number of carbonyl (C=O) groups is 2. The van der Waals surface area contributed by atoms with E-state index < -0.39 is 11.9 Å². The van der Waals surface area contributed by atoms with Gasteiger partial charge in [0, 0.05) is 37.1 Å². The van der Waals surface area contributed by atoms with Crippen molar-refractivity contribution in [3.8, 4) is 0 Å². The number of halogens is 3. The van der Waals surface area contributed by atoms with Gasteiger partial charge in [-0.2, -0.15) is 13.2 Å². The van der Waals surface area contributed by atoms with Crippen molar-refractivity contribution >= 4 is 23.3 Å². The van der Waals surface area contributed by atoms with Crippen molar-refractivity contribution in [3.05, 3.63) is 60.2 Å². The molecule has 0 radical (unpaired) electrons. The monoisotopic (exact) mass is 460 g/mol. The molecule has 11 heteroatoms. The summed E-state index contributed by atoms with van der Waals surface area (Å²) in [5, 5.41) is 4.68. The molecular weight excluding hydrogens is 437 g/mol. The molecule has 0 bridgehead atoms. The molecule has 0 aromatic carbocycles.